The Labute approximate surface area is 217 Å². The molecule has 8 heteroatoms. The topological polar surface area (TPSA) is 108 Å². The summed E-state index contributed by atoms with van der Waals surface area (Å²) in [4.78, 5) is 22.2. The number of nitrogens with one attached hydrogen (secondary N) is 3. The predicted octanol–water partition coefficient (Wildman–Crippen LogP) is 6.31. The molecule has 0 aliphatic carbocycles. The van der Waals surface area contributed by atoms with Gasteiger partial charge in [0.1, 0.15) is 5.82 Å². The highest BCUT2D eigenvalue weighted by atomic mass is 32.2. The van der Waals surface area contributed by atoms with Gasteiger partial charge in [-0.1, -0.05) is 60.7 Å². The van der Waals surface area contributed by atoms with Crippen molar-refractivity contribution in [3.63, 3.8) is 0 Å². The second-order valence-electron chi connectivity index (χ2n) is 9.11. The van der Waals surface area contributed by atoms with Crippen molar-refractivity contribution in [2.45, 2.75) is 30.6 Å². The third-order valence-electron chi connectivity index (χ3n) is 6.41. The molecule has 37 heavy (non-hydrogen) atoms. The van der Waals surface area contributed by atoms with Gasteiger partial charge in [-0.2, -0.15) is 4.98 Å². The maximum Gasteiger partial charge on any atom is 0.229 e. The highest BCUT2D eigenvalue weighted by molar-refractivity contribution is 7.92. The fraction of sp³-hybridized carbons (Fsp3) is 0.207. The summed E-state index contributed by atoms with van der Waals surface area (Å²) in [7, 11) is -2.85. The van der Waals surface area contributed by atoms with E-state index in [1.54, 1.807) is 24.4 Å². The van der Waals surface area contributed by atoms with Crippen LogP contribution in [0.5, 0.6) is 0 Å². The molecule has 1 unspecified atom stereocenters. The monoisotopic (exact) mass is 511 g/mol. The first-order chi connectivity index (χ1) is 18.0. The van der Waals surface area contributed by atoms with Crippen molar-refractivity contribution >= 4 is 33.0 Å². The fourth-order valence-electron chi connectivity index (χ4n) is 4.33. The molecule has 0 spiro atoms. The molecule has 0 saturated heterocycles. The Kier molecular flexibility index (Phi) is 7.28. The third-order valence-corrected chi connectivity index (χ3v) is 8.29. The highest BCUT2D eigenvalue weighted by Crippen LogP contribution is 2.29. The van der Waals surface area contributed by atoms with E-state index >= 15 is 0 Å². The van der Waals surface area contributed by atoms with E-state index in [2.05, 4.69) is 15.6 Å². The molecule has 4 aromatic rings. The number of anilines is 3. The number of Topliss-reactive ketones (excluding diaryl/α,β-unsaturated/α-hetero) is 1. The average molecular weight is 512 g/mol. The largest absolute Gasteiger partial charge is 0.369 e. The van der Waals surface area contributed by atoms with Crippen LogP contribution in [-0.4, -0.2) is 32.3 Å². The van der Waals surface area contributed by atoms with Gasteiger partial charge in [-0.15, -0.1) is 0 Å². The molecule has 188 valence electrons. The van der Waals surface area contributed by atoms with Gasteiger partial charge in [0, 0.05) is 46.6 Å². The lowest BCUT2D eigenvalue weighted by molar-refractivity contribution is 0.0983. The first-order valence-electron chi connectivity index (χ1n) is 12.4. The SMILES string of the molecule is N=S1(=O)CCCCNc2nc(ncc2-c2ccc(CCC(=O)c3ccccc3)cc2)Nc2cccc1c2. The number of ketones is 1. The van der Waals surface area contributed by atoms with E-state index in [-0.39, 0.29) is 5.78 Å². The normalized spacial score (nSPS) is 17.3. The minimum Gasteiger partial charge on any atom is -0.369 e. The molecule has 0 amide bonds. The van der Waals surface area contributed by atoms with Crippen LogP contribution in [0.4, 0.5) is 17.5 Å². The van der Waals surface area contributed by atoms with Crippen LogP contribution >= 0.6 is 0 Å². The molecule has 1 aromatic heterocycles. The van der Waals surface area contributed by atoms with Gasteiger partial charge in [-0.25, -0.2) is 14.0 Å². The summed E-state index contributed by atoms with van der Waals surface area (Å²) in [6.45, 7) is 0.649. The molecule has 3 aromatic carbocycles. The van der Waals surface area contributed by atoms with Gasteiger partial charge in [0.2, 0.25) is 5.95 Å². The van der Waals surface area contributed by atoms with Crippen LogP contribution < -0.4 is 10.6 Å². The van der Waals surface area contributed by atoms with Gasteiger partial charge in [0.15, 0.2) is 5.78 Å². The molecule has 4 bridgehead atoms. The number of fused-ring (bicyclic) bond motifs is 4. The van der Waals surface area contributed by atoms with E-state index in [4.69, 9.17) is 9.76 Å². The molecule has 7 nitrogen and oxygen atoms in total. The van der Waals surface area contributed by atoms with Gasteiger partial charge < -0.3 is 10.6 Å². The summed E-state index contributed by atoms with van der Waals surface area (Å²) < 4.78 is 21.2. The number of benzene rings is 3. The summed E-state index contributed by atoms with van der Waals surface area (Å²) in [5.41, 5.74) is 4.40. The smallest absolute Gasteiger partial charge is 0.229 e. The number of hydrogen-bond acceptors (Lipinski definition) is 7. The number of carbonyl (C=O) groups is 1. The van der Waals surface area contributed by atoms with Crippen LogP contribution in [0.15, 0.2) is 90.0 Å². The van der Waals surface area contributed by atoms with Crippen LogP contribution in [0.3, 0.4) is 0 Å². The van der Waals surface area contributed by atoms with Crippen LogP contribution in [-0.2, 0) is 16.1 Å². The van der Waals surface area contributed by atoms with Gasteiger partial charge in [-0.3, -0.25) is 4.79 Å². The molecule has 5 rings (SSSR count). The Morgan fingerprint density at radius 2 is 1.78 bits per heavy atom. The first kappa shape index (κ1) is 24.6. The van der Waals surface area contributed by atoms with E-state index in [9.17, 15) is 9.00 Å². The van der Waals surface area contributed by atoms with Gasteiger partial charge in [0.05, 0.1) is 9.73 Å². The Balaban J connectivity index is 1.35. The third kappa shape index (κ3) is 6.03. The van der Waals surface area contributed by atoms with Crippen LogP contribution in [0.1, 0.15) is 35.2 Å². The standard InChI is InChI=1S/C29H29N5O2S/c30-37(36)18-5-4-17-31-28-26(20-32-29(34-28)33-24-9-6-10-25(37)19-24)22-14-11-21(12-15-22)13-16-27(35)23-7-2-1-3-8-23/h1-3,6-12,14-15,19-20,30H,4-5,13,16-18H2,(H2,31,32,33,34). The predicted molar refractivity (Wildman–Crippen MR) is 148 cm³/mol. The van der Waals surface area contributed by atoms with E-state index in [1.165, 1.54) is 0 Å². The summed E-state index contributed by atoms with van der Waals surface area (Å²) in [5, 5.41) is 6.59. The number of hydrogen-bond donors (Lipinski definition) is 3. The molecule has 0 saturated carbocycles. The van der Waals surface area contributed by atoms with E-state index in [1.807, 2.05) is 60.7 Å². The second kappa shape index (κ2) is 10.9. The Morgan fingerprint density at radius 1 is 0.973 bits per heavy atom. The van der Waals surface area contributed by atoms with Crippen LogP contribution in [0.25, 0.3) is 11.1 Å². The number of nitrogens with zero attached hydrogens (tertiary/aromatic N) is 2. The number of aryl methyl sites for hydroxylation is 1. The molecule has 3 N–H and O–H groups in total. The van der Waals surface area contributed by atoms with Crippen molar-refractivity contribution < 1.29 is 9.00 Å². The van der Waals surface area contributed by atoms with Crippen molar-refractivity contribution in [2.75, 3.05) is 22.9 Å². The minimum absolute atomic E-state index is 0.142. The zero-order valence-corrected chi connectivity index (χ0v) is 21.3. The maximum absolute atomic E-state index is 12.9. The van der Waals surface area contributed by atoms with Gasteiger partial charge in [0.25, 0.3) is 0 Å². The first-order valence-corrected chi connectivity index (χ1v) is 14.1. The maximum atomic E-state index is 12.9. The molecule has 1 aliphatic rings. The summed E-state index contributed by atoms with van der Waals surface area (Å²) >= 11 is 0. The van der Waals surface area contributed by atoms with Crippen LogP contribution in [0, 0.1) is 4.78 Å². The lowest BCUT2D eigenvalue weighted by Crippen LogP contribution is -2.09. The van der Waals surface area contributed by atoms with Crippen LogP contribution in [0.2, 0.25) is 0 Å². The van der Waals surface area contributed by atoms with Crippen molar-refractivity contribution in [1.82, 2.24) is 9.97 Å². The lowest BCUT2D eigenvalue weighted by Gasteiger charge is -2.13. The molecule has 1 aliphatic heterocycles. The number of carbonyl (C=O) groups excluding carboxylic acids is 1. The quantitative estimate of drug-likeness (QED) is 0.271. The van der Waals surface area contributed by atoms with E-state index in [0.29, 0.717) is 53.9 Å². The van der Waals surface area contributed by atoms with Crippen molar-refractivity contribution in [3.8, 4) is 11.1 Å². The zero-order chi connectivity index (χ0) is 25.7. The fourth-order valence-corrected chi connectivity index (χ4v) is 5.79. The molecule has 0 fully saturated rings. The molecule has 1 atom stereocenters. The van der Waals surface area contributed by atoms with Crippen molar-refractivity contribution in [1.29, 1.82) is 4.78 Å². The summed E-state index contributed by atoms with van der Waals surface area (Å²) in [6, 6.07) is 24.7. The summed E-state index contributed by atoms with van der Waals surface area (Å²) in [5.74, 6) is 1.60. The number of rotatable bonds is 5. The summed E-state index contributed by atoms with van der Waals surface area (Å²) in [6.07, 6.45) is 4.39. The van der Waals surface area contributed by atoms with E-state index in [0.717, 1.165) is 28.7 Å². The zero-order valence-electron chi connectivity index (χ0n) is 20.4. The Bertz CT molecular complexity index is 1500. The average Bonchev–Trinajstić information content (AvgIpc) is 2.93. The van der Waals surface area contributed by atoms with Crippen molar-refractivity contribution in [3.05, 3.63) is 96.2 Å². The van der Waals surface area contributed by atoms with Crippen molar-refractivity contribution in [2.24, 2.45) is 0 Å². The number of aromatic nitrogens is 2. The second-order valence-corrected chi connectivity index (χ2v) is 11.3. The Morgan fingerprint density at radius 3 is 2.59 bits per heavy atom. The lowest BCUT2D eigenvalue weighted by atomic mass is 10.0. The highest BCUT2D eigenvalue weighted by Gasteiger charge is 2.15. The Hall–Kier alpha value is -4.04. The van der Waals surface area contributed by atoms with E-state index < -0.39 is 9.73 Å². The van der Waals surface area contributed by atoms with Gasteiger partial charge in [-0.05, 0) is 48.6 Å². The molecular weight excluding hydrogens is 482 g/mol. The molecule has 0 radical (unpaired) electrons. The molecular formula is C29H29N5O2S. The minimum atomic E-state index is -2.85. The van der Waals surface area contributed by atoms with Gasteiger partial charge >= 0.3 is 0 Å². The molecule has 2 heterocycles.